The van der Waals surface area contributed by atoms with E-state index in [0.717, 1.165) is 5.69 Å². The number of nitrogens with two attached hydrogens (primary N) is 1. The lowest BCUT2D eigenvalue weighted by molar-refractivity contribution is 0.691. The Labute approximate surface area is 111 Å². The van der Waals surface area contributed by atoms with Gasteiger partial charge in [-0.25, -0.2) is 15.0 Å². The second kappa shape index (κ2) is 4.47. The third-order valence-corrected chi connectivity index (χ3v) is 3.57. The van der Waals surface area contributed by atoms with Crippen molar-refractivity contribution in [1.82, 2.24) is 19.7 Å². The molecule has 0 amide bonds. The summed E-state index contributed by atoms with van der Waals surface area (Å²) in [5.74, 6) is 0.370. The van der Waals surface area contributed by atoms with E-state index in [0.29, 0.717) is 16.6 Å². The normalized spacial score (nSPS) is 20.1. The van der Waals surface area contributed by atoms with Gasteiger partial charge in [-0.3, -0.25) is 8.61 Å². The number of nitrogens with one attached hydrogen (secondary N) is 1. The smallest absolute Gasteiger partial charge is 0.192 e. The Morgan fingerprint density at radius 2 is 2.32 bits per heavy atom. The Bertz CT molecular complexity index is 719. The fourth-order valence-corrected chi connectivity index (χ4v) is 2.41. The number of aliphatic imine (C=N–C) groups is 1. The van der Waals surface area contributed by atoms with E-state index in [4.69, 9.17) is 5.73 Å². The molecule has 19 heavy (non-hydrogen) atoms. The number of amidine groups is 1. The van der Waals surface area contributed by atoms with E-state index in [1.807, 2.05) is 10.5 Å². The van der Waals surface area contributed by atoms with Gasteiger partial charge in [-0.05, 0) is 6.08 Å². The highest BCUT2D eigenvalue weighted by Crippen LogP contribution is 2.23. The molecule has 0 saturated heterocycles. The van der Waals surface area contributed by atoms with E-state index in [-0.39, 0.29) is 6.04 Å². The minimum absolute atomic E-state index is 0.239. The van der Waals surface area contributed by atoms with E-state index in [1.54, 1.807) is 31.0 Å². The third kappa shape index (κ3) is 1.99. The van der Waals surface area contributed by atoms with Gasteiger partial charge in [-0.2, -0.15) is 0 Å². The van der Waals surface area contributed by atoms with E-state index in [2.05, 4.69) is 20.3 Å². The van der Waals surface area contributed by atoms with E-state index < -0.39 is 10.8 Å². The van der Waals surface area contributed by atoms with Gasteiger partial charge in [0.1, 0.15) is 6.04 Å². The van der Waals surface area contributed by atoms with Crippen LogP contribution in [0.5, 0.6) is 0 Å². The number of fused-ring (bicyclic) bond motifs is 1. The Hall–Kier alpha value is -2.22. The van der Waals surface area contributed by atoms with Crippen LogP contribution in [-0.4, -0.2) is 30.0 Å². The molecule has 8 heteroatoms. The molecule has 7 nitrogen and oxygen atoms in total. The summed E-state index contributed by atoms with van der Waals surface area (Å²) in [4.78, 5) is 12.6. The van der Waals surface area contributed by atoms with Crippen LogP contribution in [0, 0.1) is 0 Å². The molecule has 3 N–H and O–H groups in total. The van der Waals surface area contributed by atoms with E-state index in [1.165, 1.54) is 0 Å². The second-order valence-electron chi connectivity index (χ2n) is 4.03. The van der Waals surface area contributed by atoms with Crippen molar-refractivity contribution in [2.45, 2.75) is 6.04 Å². The minimum atomic E-state index is -1.15. The van der Waals surface area contributed by atoms with E-state index in [9.17, 15) is 4.21 Å². The van der Waals surface area contributed by atoms with Crippen LogP contribution in [0.2, 0.25) is 0 Å². The van der Waals surface area contributed by atoms with Crippen LogP contribution in [0.4, 0.5) is 5.82 Å². The lowest BCUT2D eigenvalue weighted by Gasteiger charge is -2.15. The summed E-state index contributed by atoms with van der Waals surface area (Å²) in [5.41, 5.74) is 7.21. The van der Waals surface area contributed by atoms with Crippen molar-refractivity contribution in [1.29, 1.82) is 0 Å². The lowest BCUT2D eigenvalue weighted by atomic mass is 10.2. The minimum Gasteiger partial charge on any atom is -0.381 e. The number of anilines is 1. The quantitative estimate of drug-likeness (QED) is 0.775. The predicted octanol–water partition coefficient (Wildman–Crippen LogP) is 0.204. The molecule has 0 saturated carbocycles. The fourth-order valence-electron chi connectivity index (χ4n) is 1.92. The molecule has 2 unspecified atom stereocenters. The SMILES string of the molecule is CS(=O)C1=NC(c2cnc3c(N)nccn23)C=CN1. The van der Waals surface area contributed by atoms with Crippen molar-refractivity contribution in [3.05, 3.63) is 36.6 Å². The molecule has 0 radical (unpaired) electrons. The largest absolute Gasteiger partial charge is 0.381 e. The Balaban J connectivity index is 2.10. The van der Waals surface area contributed by atoms with Crippen LogP contribution in [0.25, 0.3) is 5.65 Å². The first kappa shape index (κ1) is 11.8. The maximum atomic E-state index is 11.5. The molecular weight excluding hydrogens is 264 g/mol. The van der Waals surface area contributed by atoms with Gasteiger partial charge in [0.15, 0.2) is 16.6 Å². The molecule has 2 atom stereocenters. The molecule has 3 heterocycles. The lowest BCUT2D eigenvalue weighted by Crippen LogP contribution is -2.26. The Morgan fingerprint density at radius 1 is 1.47 bits per heavy atom. The molecule has 2 aromatic heterocycles. The number of nitrogens with zero attached hydrogens (tertiary/aromatic N) is 4. The van der Waals surface area contributed by atoms with Crippen LogP contribution in [0.15, 0.2) is 35.9 Å². The molecular formula is C11H12N6OS. The topological polar surface area (TPSA) is 97.7 Å². The maximum absolute atomic E-state index is 11.5. The molecule has 0 spiro atoms. The van der Waals surface area contributed by atoms with Gasteiger partial charge >= 0.3 is 0 Å². The van der Waals surface area contributed by atoms with Gasteiger partial charge in [0.05, 0.1) is 22.7 Å². The first-order chi connectivity index (χ1) is 9.16. The van der Waals surface area contributed by atoms with Gasteiger partial charge in [0, 0.05) is 24.8 Å². The molecule has 0 fully saturated rings. The number of imidazole rings is 1. The first-order valence-electron chi connectivity index (χ1n) is 5.58. The Morgan fingerprint density at radius 3 is 3.11 bits per heavy atom. The molecule has 98 valence electrons. The molecule has 0 bridgehead atoms. The zero-order valence-electron chi connectivity index (χ0n) is 10.1. The van der Waals surface area contributed by atoms with Gasteiger partial charge in [0.2, 0.25) is 0 Å². The number of aromatic nitrogens is 3. The maximum Gasteiger partial charge on any atom is 0.192 e. The summed E-state index contributed by atoms with van der Waals surface area (Å²) in [6.45, 7) is 0. The summed E-state index contributed by atoms with van der Waals surface area (Å²) in [5, 5.41) is 3.32. The average molecular weight is 276 g/mol. The second-order valence-corrected chi connectivity index (χ2v) is 5.32. The highest BCUT2D eigenvalue weighted by atomic mass is 32.2. The van der Waals surface area contributed by atoms with Gasteiger partial charge in [-0.15, -0.1) is 0 Å². The summed E-state index contributed by atoms with van der Waals surface area (Å²) in [7, 11) is -1.15. The molecule has 1 aliphatic heterocycles. The van der Waals surface area contributed by atoms with Crippen molar-refractivity contribution in [2.75, 3.05) is 12.0 Å². The van der Waals surface area contributed by atoms with Gasteiger partial charge in [0.25, 0.3) is 0 Å². The van der Waals surface area contributed by atoms with Crippen molar-refractivity contribution in [3.8, 4) is 0 Å². The summed E-state index contributed by atoms with van der Waals surface area (Å²) in [6, 6.07) is -0.239. The van der Waals surface area contributed by atoms with Crippen molar-refractivity contribution in [3.63, 3.8) is 0 Å². The summed E-state index contributed by atoms with van der Waals surface area (Å²) in [6.07, 6.45) is 10.3. The van der Waals surface area contributed by atoms with Gasteiger partial charge in [-0.1, -0.05) is 0 Å². The molecule has 0 aromatic carbocycles. The average Bonchev–Trinajstić information content (AvgIpc) is 2.84. The molecule has 0 aliphatic carbocycles. The fraction of sp³-hybridized carbons (Fsp3) is 0.182. The number of hydrogen-bond acceptors (Lipinski definition) is 6. The predicted molar refractivity (Wildman–Crippen MR) is 73.9 cm³/mol. The molecule has 2 aromatic rings. The van der Waals surface area contributed by atoms with Crippen LogP contribution >= 0.6 is 0 Å². The van der Waals surface area contributed by atoms with Crippen molar-refractivity contribution in [2.24, 2.45) is 4.99 Å². The number of hydrogen-bond donors (Lipinski definition) is 2. The van der Waals surface area contributed by atoms with Crippen LogP contribution in [0.1, 0.15) is 11.7 Å². The van der Waals surface area contributed by atoms with Crippen LogP contribution in [-0.2, 0) is 10.8 Å². The van der Waals surface area contributed by atoms with Gasteiger partial charge < -0.3 is 11.1 Å². The first-order valence-corrected chi connectivity index (χ1v) is 7.14. The Kier molecular flexibility index (Phi) is 2.79. The third-order valence-electron chi connectivity index (χ3n) is 2.80. The standard InChI is InChI=1S/C11H12N6OS/c1-19(18)11-14-3-2-7(16-11)8-6-15-10-9(12)13-4-5-17(8)10/h2-7H,1H3,(H2,12,13)(H,14,16). The van der Waals surface area contributed by atoms with Crippen LogP contribution in [0.3, 0.4) is 0 Å². The highest BCUT2D eigenvalue weighted by Gasteiger charge is 2.18. The van der Waals surface area contributed by atoms with Crippen molar-refractivity contribution >= 4 is 27.4 Å². The van der Waals surface area contributed by atoms with E-state index >= 15 is 0 Å². The zero-order chi connectivity index (χ0) is 13.4. The number of rotatable bonds is 1. The summed E-state index contributed by atoms with van der Waals surface area (Å²) >= 11 is 0. The van der Waals surface area contributed by atoms with Crippen molar-refractivity contribution < 1.29 is 4.21 Å². The number of nitrogen functional groups attached to an aromatic ring is 1. The summed E-state index contributed by atoms with van der Waals surface area (Å²) < 4.78 is 13.3. The van der Waals surface area contributed by atoms with Crippen LogP contribution < -0.4 is 11.1 Å². The molecule has 1 aliphatic rings. The monoisotopic (exact) mass is 276 g/mol. The zero-order valence-corrected chi connectivity index (χ0v) is 11.0. The molecule has 3 rings (SSSR count). The highest BCUT2D eigenvalue weighted by molar-refractivity contribution is 7.99.